The molecule has 6 amide bonds. The summed E-state index contributed by atoms with van der Waals surface area (Å²) in [4.78, 5) is 139. The van der Waals surface area contributed by atoms with Crippen molar-refractivity contribution < 1.29 is 48.2 Å². The highest BCUT2D eigenvalue weighted by Crippen LogP contribution is 2.38. The number of non-ortho nitro benzene ring substituents is 2. The topological polar surface area (TPSA) is 302 Å². The van der Waals surface area contributed by atoms with Gasteiger partial charge in [-0.15, -0.1) is 24.8 Å². The first-order chi connectivity index (χ1) is 38.6. The Kier molecular flexibility index (Phi) is 22.9. The number of nitrogens with zero attached hydrogens (tertiary/aromatic N) is 4. The maximum Gasteiger partial charge on any atom is 0.269 e. The van der Waals surface area contributed by atoms with Gasteiger partial charge in [0.05, 0.1) is 34.0 Å². The highest BCUT2D eigenvalue weighted by Gasteiger charge is 2.48. The number of nitro benzene ring substituents is 2. The van der Waals surface area contributed by atoms with Crippen molar-refractivity contribution in [3.05, 3.63) is 114 Å². The van der Waals surface area contributed by atoms with Crippen molar-refractivity contribution in [1.82, 2.24) is 41.7 Å². The van der Waals surface area contributed by atoms with Gasteiger partial charge in [0, 0.05) is 61.3 Å². The normalized spacial score (nSPS) is 21.5. The second kappa shape index (κ2) is 28.3. The van der Waals surface area contributed by atoms with Crippen molar-refractivity contribution in [1.29, 1.82) is 0 Å². The van der Waals surface area contributed by atoms with Crippen LogP contribution in [-0.4, -0.2) is 130 Å². The van der Waals surface area contributed by atoms with E-state index in [1.54, 1.807) is 99.8 Å². The number of hydrogen-bond acceptors (Lipinski definition) is 14. The highest BCUT2D eigenvalue weighted by atomic mass is 35.5. The van der Waals surface area contributed by atoms with E-state index in [1.807, 2.05) is 0 Å². The molecule has 0 aromatic heterocycles. The maximum absolute atomic E-state index is 14.8. The summed E-state index contributed by atoms with van der Waals surface area (Å²) in [7, 11) is 3.24. The molecule has 84 heavy (non-hydrogen) atoms. The van der Waals surface area contributed by atoms with Gasteiger partial charge in [0.1, 0.15) is 24.2 Å². The second-order valence-corrected chi connectivity index (χ2v) is 24.9. The average Bonchev–Trinajstić information content (AvgIpc) is 4.28. The van der Waals surface area contributed by atoms with Crippen LogP contribution in [-0.2, 0) is 41.6 Å². The van der Waals surface area contributed by atoms with Crippen LogP contribution in [0, 0.1) is 42.9 Å². The molecule has 2 aliphatic carbocycles. The number of carbonyl (C=O) groups excluding carboxylic acids is 8. The molecule has 7 rings (SSSR count). The van der Waals surface area contributed by atoms with Gasteiger partial charge in [-0.2, -0.15) is 0 Å². The van der Waals surface area contributed by atoms with E-state index in [0.29, 0.717) is 49.7 Å². The van der Waals surface area contributed by atoms with Crippen molar-refractivity contribution in [2.24, 2.45) is 22.7 Å². The lowest BCUT2D eigenvalue weighted by atomic mass is 9.85. The van der Waals surface area contributed by atoms with Crippen molar-refractivity contribution in [2.75, 3.05) is 27.2 Å². The van der Waals surface area contributed by atoms with Crippen LogP contribution in [0.15, 0.2) is 60.7 Å². The van der Waals surface area contributed by atoms with Gasteiger partial charge < -0.3 is 41.7 Å². The average molecular weight is 1210 g/mol. The number of amides is 6. The SMILES string of the molecule is CN[C@@H](C)C(=O)N[C@H](C(=O)N1C[C@@H](CC(=O)c2cccc(C(=O)C[C@H]3C[C@@H](C(=O)NC4CCCc5ccc([N+](=O)[O-])cc54)N(C(=O)[C@@H](NC(=O)[C@H](C)NC)C(C)(C)C)C3)c2)C[C@H]1C(=O)NC1CCCc2ccc([N+](=O)[O-])cc21)C(C)(C)C.Cl.Cl. The Balaban J connectivity index is 0.00000645. The molecule has 10 atom stereocenters. The van der Waals surface area contributed by atoms with Gasteiger partial charge in [-0.25, -0.2) is 0 Å². The van der Waals surface area contributed by atoms with E-state index in [2.05, 4.69) is 31.9 Å². The number of likely N-dealkylation sites (N-methyl/N-ethyl adjacent to an activating group) is 2. The van der Waals surface area contributed by atoms with E-state index in [9.17, 15) is 58.6 Å². The number of rotatable bonds is 20. The summed E-state index contributed by atoms with van der Waals surface area (Å²) in [5, 5.41) is 41.2. The van der Waals surface area contributed by atoms with Crippen molar-refractivity contribution in [3.63, 3.8) is 0 Å². The molecule has 4 aliphatic rings. The number of ketones is 2. The third kappa shape index (κ3) is 15.9. The van der Waals surface area contributed by atoms with Crippen LogP contribution in [0.3, 0.4) is 0 Å². The molecule has 2 heterocycles. The number of halogens is 2. The molecule has 0 saturated carbocycles. The second-order valence-electron chi connectivity index (χ2n) is 24.9. The van der Waals surface area contributed by atoms with Crippen LogP contribution >= 0.6 is 24.8 Å². The molecule has 0 radical (unpaired) electrons. The number of fused-ring (bicyclic) bond motifs is 2. The van der Waals surface area contributed by atoms with Crippen LogP contribution < -0.4 is 31.9 Å². The smallest absolute Gasteiger partial charge is 0.269 e. The summed E-state index contributed by atoms with van der Waals surface area (Å²) >= 11 is 0. The molecule has 6 N–H and O–H groups in total. The molecule has 22 nitrogen and oxygen atoms in total. The van der Waals surface area contributed by atoms with Crippen molar-refractivity contribution in [2.45, 2.75) is 168 Å². The molecule has 3 aromatic rings. The number of aryl methyl sites for hydroxylation is 2. The molecule has 3 aromatic carbocycles. The fraction of sp³-hybridized carbons (Fsp3) is 0.567. The summed E-state index contributed by atoms with van der Waals surface area (Å²) in [6.07, 6.45) is 3.74. The molecule has 2 fully saturated rings. The molecule has 458 valence electrons. The van der Waals surface area contributed by atoms with E-state index < -0.39 is 116 Å². The lowest BCUT2D eigenvalue weighted by molar-refractivity contribution is -0.385. The number of hydrogen-bond donors (Lipinski definition) is 6. The molecule has 24 heteroatoms. The van der Waals surface area contributed by atoms with Crippen molar-refractivity contribution >= 4 is 83.2 Å². The number of benzene rings is 3. The summed E-state index contributed by atoms with van der Waals surface area (Å²) in [5.41, 5.74) is 1.59. The van der Waals surface area contributed by atoms with E-state index in [-0.39, 0.29) is 97.7 Å². The number of nitrogens with one attached hydrogen (secondary N) is 6. The van der Waals surface area contributed by atoms with Gasteiger partial charge in [-0.3, -0.25) is 58.6 Å². The Labute approximate surface area is 503 Å². The Morgan fingerprint density at radius 3 is 1.29 bits per heavy atom. The van der Waals surface area contributed by atoms with Crippen molar-refractivity contribution in [3.8, 4) is 0 Å². The van der Waals surface area contributed by atoms with Crippen LogP contribution in [0.2, 0.25) is 0 Å². The third-order valence-electron chi connectivity index (χ3n) is 16.8. The van der Waals surface area contributed by atoms with Gasteiger partial charge in [-0.1, -0.05) is 71.9 Å². The zero-order valence-electron chi connectivity index (χ0n) is 49.5. The van der Waals surface area contributed by atoms with Gasteiger partial charge >= 0.3 is 0 Å². The molecular weight excluding hydrogens is 1120 g/mol. The Bertz CT molecular complexity index is 2810. The molecule has 2 aliphatic heterocycles. The summed E-state index contributed by atoms with van der Waals surface area (Å²) in [6.45, 7) is 14.1. The van der Waals surface area contributed by atoms with Crippen LogP contribution in [0.1, 0.15) is 162 Å². The molecule has 0 spiro atoms. The standard InChI is InChI=1S/C60H80N10O12.2ClH/c1-33(61-9)53(73)65-51(59(3,4)5)57(77)67-31-35(24-47(67)55(75)63-45-18-12-14-37-20-22-41(69(79)80)29-43(37)45)26-49(71)39-16-11-17-40(28-39)50(72)27-36-25-48(68(32-36)58(78)52(60(6,7)8)66-54(74)34(2)62-10)56(76)64-46-19-13-15-38-21-23-42(70(81)82)30-44(38)46;;/h11,16-17,20-23,28-30,33-36,45-48,51-52,61-62H,12-15,18-19,24-27,31-32H2,1-10H3,(H,63,75)(H,64,76)(H,65,73)(H,66,74);2*1H/t33-,34-,35+,36+,45?,46?,47-,48-,51+,52+;;/m0../s1. The van der Waals surface area contributed by atoms with Gasteiger partial charge in [0.2, 0.25) is 35.4 Å². The Morgan fingerprint density at radius 2 is 0.952 bits per heavy atom. The number of Topliss-reactive ketones (excluding diaryl/α,β-unsaturated/α-hetero) is 2. The van der Waals surface area contributed by atoms with Gasteiger partial charge in [0.25, 0.3) is 11.4 Å². The predicted octanol–water partition coefficient (Wildman–Crippen LogP) is 6.59. The van der Waals surface area contributed by atoms with E-state index in [4.69, 9.17) is 0 Å². The van der Waals surface area contributed by atoms with Crippen LogP contribution in [0.5, 0.6) is 0 Å². The quantitative estimate of drug-likeness (QED) is 0.0395. The first-order valence-corrected chi connectivity index (χ1v) is 28.5. The summed E-state index contributed by atoms with van der Waals surface area (Å²) < 4.78 is 0. The molecule has 2 unspecified atom stereocenters. The molecular formula is C60H82Cl2N10O12. The zero-order chi connectivity index (χ0) is 60.1. The van der Waals surface area contributed by atoms with Crippen LogP contribution in [0.25, 0.3) is 0 Å². The summed E-state index contributed by atoms with van der Waals surface area (Å²) in [5.74, 6) is -4.63. The molecule has 0 bridgehead atoms. The third-order valence-corrected chi connectivity index (χ3v) is 16.8. The Morgan fingerprint density at radius 1 is 0.583 bits per heavy atom. The van der Waals surface area contributed by atoms with E-state index in [0.717, 1.165) is 11.1 Å². The lowest BCUT2D eigenvalue weighted by Gasteiger charge is -2.36. The first-order valence-electron chi connectivity index (χ1n) is 28.5. The van der Waals surface area contributed by atoms with Crippen LogP contribution in [0.4, 0.5) is 11.4 Å². The number of likely N-dealkylation sites (tertiary alicyclic amines) is 2. The Hall–Kier alpha value is -6.88. The largest absolute Gasteiger partial charge is 0.347 e. The predicted molar refractivity (Wildman–Crippen MR) is 320 cm³/mol. The maximum atomic E-state index is 14.8. The monoisotopic (exact) mass is 1200 g/mol. The first kappa shape index (κ1) is 67.9. The fourth-order valence-corrected chi connectivity index (χ4v) is 11.8. The number of nitro groups is 2. The zero-order valence-corrected chi connectivity index (χ0v) is 51.2. The highest BCUT2D eigenvalue weighted by molar-refractivity contribution is 6.02. The lowest BCUT2D eigenvalue weighted by Crippen LogP contribution is -2.59. The minimum Gasteiger partial charge on any atom is -0.347 e. The number of carbonyl (C=O) groups is 8. The molecule has 2 saturated heterocycles. The summed E-state index contributed by atoms with van der Waals surface area (Å²) in [6, 6.07) is 8.77. The van der Waals surface area contributed by atoms with Gasteiger partial charge in [-0.05, 0) is 130 Å². The minimum atomic E-state index is -1.07. The van der Waals surface area contributed by atoms with E-state index >= 15 is 0 Å². The van der Waals surface area contributed by atoms with E-state index in [1.165, 1.54) is 40.1 Å². The van der Waals surface area contributed by atoms with Gasteiger partial charge in [0.15, 0.2) is 11.6 Å². The minimum absolute atomic E-state index is 0. The fourth-order valence-electron chi connectivity index (χ4n) is 11.8.